The predicted octanol–water partition coefficient (Wildman–Crippen LogP) is 2.94. The highest BCUT2D eigenvalue weighted by atomic mass is 14.9. The van der Waals surface area contributed by atoms with Crippen LogP contribution in [0.2, 0.25) is 0 Å². The summed E-state index contributed by atoms with van der Waals surface area (Å²) in [7, 11) is 4.35. The summed E-state index contributed by atoms with van der Waals surface area (Å²) in [5.41, 5.74) is 1.59. The molecule has 0 aromatic carbocycles. The highest BCUT2D eigenvalue weighted by Gasteiger charge is 2.29. The van der Waals surface area contributed by atoms with E-state index in [4.69, 9.17) is 0 Å². The van der Waals surface area contributed by atoms with Gasteiger partial charge in [0.15, 0.2) is 5.71 Å². The molecule has 0 saturated heterocycles. The molecule has 0 amide bonds. The Morgan fingerprint density at radius 2 is 1.85 bits per heavy atom. The lowest BCUT2D eigenvalue weighted by Crippen LogP contribution is -2.29. The summed E-state index contributed by atoms with van der Waals surface area (Å²) in [5, 5.41) is 0. The van der Waals surface area contributed by atoms with Gasteiger partial charge in [0.25, 0.3) is 0 Å². The predicted molar refractivity (Wildman–Crippen MR) is 58.5 cm³/mol. The largest absolute Gasteiger partial charge is 0.242 e. The Balaban J connectivity index is 2.70. The molecule has 0 aliphatic heterocycles. The van der Waals surface area contributed by atoms with Crippen LogP contribution in [-0.2, 0) is 0 Å². The fraction of sp³-hybridized carbons (Fsp3) is 0.917. The molecule has 76 valence electrons. The van der Waals surface area contributed by atoms with Crippen molar-refractivity contribution in [3.8, 4) is 0 Å². The van der Waals surface area contributed by atoms with Gasteiger partial charge in [-0.15, -0.1) is 0 Å². The van der Waals surface area contributed by atoms with Crippen LogP contribution in [0.4, 0.5) is 0 Å². The Labute approximate surface area is 82.9 Å². The molecule has 1 saturated carbocycles. The van der Waals surface area contributed by atoms with Gasteiger partial charge in [-0.1, -0.05) is 26.2 Å². The van der Waals surface area contributed by atoms with Crippen LogP contribution in [0.5, 0.6) is 0 Å². The highest BCUT2D eigenvalue weighted by Crippen LogP contribution is 2.32. The number of rotatable bonds is 2. The third kappa shape index (κ3) is 2.55. The van der Waals surface area contributed by atoms with Crippen LogP contribution < -0.4 is 0 Å². The fourth-order valence-corrected chi connectivity index (χ4v) is 2.58. The molecule has 2 atom stereocenters. The quantitative estimate of drug-likeness (QED) is 0.456. The summed E-state index contributed by atoms with van der Waals surface area (Å²) < 4.78 is 2.30. The Kier molecular flexibility index (Phi) is 3.95. The highest BCUT2D eigenvalue weighted by molar-refractivity contribution is 5.79. The monoisotopic (exact) mass is 182 g/mol. The summed E-state index contributed by atoms with van der Waals surface area (Å²) in [6.45, 7) is 4.64. The van der Waals surface area contributed by atoms with Crippen LogP contribution in [0.25, 0.3) is 0 Å². The van der Waals surface area contributed by atoms with E-state index >= 15 is 0 Å². The van der Waals surface area contributed by atoms with Crippen molar-refractivity contribution in [2.75, 3.05) is 14.1 Å². The van der Waals surface area contributed by atoms with Gasteiger partial charge in [0, 0.05) is 12.8 Å². The molecule has 1 nitrogen and oxygen atoms in total. The van der Waals surface area contributed by atoms with E-state index in [9.17, 15) is 0 Å². The zero-order valence-corrected chi connectivity index (χ0v) is 9.64. The molecule has 13 heavy (non-hydrogen) atoms. The Morgan fingerprint density at radius 1 is 1.23 bits per heavy atom. The third-order valence-electron chi connectivity index (χ3n) is 3.68. The second kappa shape index (κ2) is 4.78. The standard InChI is InChI=1S/C12H24N/c1-5-11-8-6-7-9-12(11)10(2)13(3)4/h11-12H,5-9H2,1-4H3/q+1. The molecule has 1 rings (SSSR count). The lowest BCUT2D eigenvalue weighted by atomic mass is 9.75. The Bertz CT molecular complexity index is 189. The number of hydrogen-bond acceptors (Lipinski definition) is 0. The molecule has 1 aliphatic carbocycles. The Hall–Kier alpha value is -0.330. The lowest BCUT2D eigenvalue weighted by molar-refractivity contribution is -0.468. The maximum atomic E-state index is 2.34. The van der Waals surface area contributed by atoms with Crippen molar-refractivity contribution in [1.82, 2.24) is 0 Å². The van der Waals surface area contributed by atoms with Gasteiger partial charge < -0.3 is 0 Å². The summed E-state index contributed by atoms with van der Waals surface area (Å²) in [4.78, 5) is 0. The van der Waals surface area contributed by atoms with Gasteiger partial charge >= 0.3 is 0 Å². The van der Waals surface area contributed by atoms with Crippen molar-refractivity contribution in [2.45, 2.75) is 46.0 Å². The average Bonchev–Trinajstić information content (AvgIpc) is 2.16. The molecule has 0 aromatic heterocycles. The number of hydrogen-bond donors (Lipinski definition) is 0. The lowest BCUT2D eigenvalue weighted by Gasteiger charge is -2.29. The molecular formula is C12H24N+. The first-order chi connectivity index (χ1) is 6.16. The van der Waals surface area contributed by atoms with E-state index in [0.29, 0.717) is 0 Å². The van der Waals surface area contributed by atoms with Gasteiger partial charge in [-0.3, -0.25) is 0 Å². The molecule has 2 unspecified atom stereocenters. The van der Waals surface area contributed by atoms with Crippen molar-refractivity contribution in [3.63, 3.8) is 0 Å². The van der Waals surface area contributed by atoms with Crippen molar-refractivity contribution < 1.29 is 4.58 Å². The maximum Gasteiger partial charge on any atom is 0.152 e. The fourth-order valence-electron chi connectivity index (χ4n) is 2.58. The van der Waals surface area contributed by atoms with Gasteiger partial charge in [-0.25, -0.2) is 4.58 Å². The first kappa shape index (κ1) is 10.7. The van der Waals surface area contributed by atoms with Crippen LogP contribution in [0, 0.1) is 11.8 Å². The normalized spacial score (nSPS) is 28.6. The second-order valence-corrected chi connectivity index (χ2v) is 4.60. The van der Waals surface area contributed by atoms with Gasteiger partial charge in [0.05, 0.1) is 0 Å². The van der Waals surface area contributed by atoms with E-state index in [-0.39, 0.29) is 0 Å². The minimum Gasteiger partial charge on any atom is -0.242 e. The van der Waals surface area contributed by atoms with E-state index in [1.54, 1.807) is 5.71 Å². The smallest absolute Gasteiger partial charge is 0.152 e. The minimum absolute atomic E-state index is 0.869. The zero-order chi connectivity index (χ0) is 9.84. The van der Waals surface area contributed by atoms with E-state index in [1.165, 1.54) is 32.1 Å². The molecule has 1 heteroatoms. The summed E-state index contributed by atoms with van der Waals surface area (Å²) in [6, 6.07) is 0. The maximum absolute atomic E-state index is 2.34. The first-order valence-electron chi connectivity index (χ1n) is 5.67. The minimum atomic E-state index is 0.869. The molecule has 1 aliphatic rings. The van der Waals surface area contributed by atoms with Crippen molar-refractivity contribution in [3.05, 3.63) is 0 Å². The van der Waals surface area contributed by atoms with E-state index in [0.717, 1.165) is 11.8 Å². The molecular weight excluding hydrogens is 158 g/mol. The SMILES string of the molecule is CCC1CCCCC1C(C)=[N+](C)C. The zero-order valence-electron chi connectivity index (χ0n) is 9.64. The molecule has 0 heterocycles. The summed E-state index contributed by atoms with van der Waals surface area (Å²) in [5.74, 6) is 1.82. The second-order valence-electron chi connectivity index (χ2n) is 4.60. The molecule has 0 spiro atoms. The van der Waals surface area contributed by atoms with Crippen LogP contribution in [0.1, 0.15) is 46.0 Å². The topological polar surface area (TPSA) is 3.01 Å². The molecule has 0 aromatic rings. The first-order valence-corrected chi connectivity index (χ1v) is 5.67. The molecule has 0 N–H and O–H groups in total. The average molecular weight is 182 g/mol. The van der Waals surface area contributed by atoms with Crippen LogP contribution in [-0.4, -0.2) is 24.4 Å². The Morgan fingerprint density at radius 3 is 2.38 bits per heavy atom. The number of nitrogens with zero attached hydrogens (tertiary/aromatic N) is 1. The third-order valence-corrected chi connectivity index (χ3v) is 3.68. The summed E-state index contributed by atoms with van der Waals surface area (Å²) in [6.07, 6.45) is 7.12. The van der Waals surface area contributed by atoms with Crippen LogP contribution in [0.3, 0.4) is 0 Å². The van der Waals surface area contributed by atoms with Gasteiger partial charge in [-0.2, -0.15) is 0 Å². The molecule has 1 fully saturated rings. The van der Waals surface area contributed by atoms with Crippen LogP contribution in [0.15, 0.2) is 0 Å². The van der Waals surface area contributed by atoms with Crippen molar-refractivity contribution in [2.24, 2.45) is 11.8 Å². The van der Waals surface area contributed by atoms with Crippen LogP contribution >= 0.6 is 0 Å². The van der Waals surface area contributed by atoms with Crippen molar-refractivity contribution in [1.29, 1.82) is 0 Å². The summed E-state index contributed by atoms with van der Waals surface area (Å²) >= 11 is 0. The molecule has 0 bridgehead atoms. The van der Waals surface area contributed by atoms with Gasteiger partial charge in [-0.05, 0) is 18.8 Å². The van der Waals surface area contributed by atoms with Crippen molar-refractivity contribution >= 4 is 5.71 Å². The van der Waals surface area contributed by atoms with E-state index < -0.39 is 0 Å². The van der Waals surface area contributed by atoms with E-state index in [2.05, 4.69) is 32.5 Å². The van der Waals surface area contributed by atoms with Gasteiger partial charge in [0.1, 0.15) is 14.1 Å². The molecule has 0 radical (unpaired) electrons. The van der Waals surface area contributed by atoms with E-state index in [1.807, 2.05) is 0 Å². The van der Waals surface area contributed by atoms with Gasteiger partial charge in [0.2, 0.25) is 0 Å².